The van der Waals surface area contributed by atoms with Crippen molar-refractivity contribution in [2.24, 2.45) is 0 Å². The summed E-state index contributed by atoms with van der Waals surface area (Å²) in [5.74, 6) is 0. The van der Waals surface area contributed by atoms with Crippen molar-refractivity contribution in [1.29, 1.82) is 0 Å². The van der Waals surface area contributed by atoms with Crippen LogP contribution < -0.4 is 0 Å². The number of hydroxylamine groups is 6. The Morgan fingerprint density at radius 3 is 0.583 bits per heavy atom. The second-order valence-electron chi connectivity index (χ2n) is 5.38. The molecule has 11 nitrogen and oxygen atoms in total. The van der Waals surface area contributed by atoms with Crippen LogP contribution in [-0.2, 0) is 23.7 Å². The van der Waals surface area contributed by atoms with Gasteiger partial charge in [0.25, 0.3) is 0 Å². The Balaban J connectivity index is -0.000000333. The van der Waals surface area contributed by atoms with Gasteiger partial charge in [0.2, 0.25) is 37.4 Å². The van der Waals surface area contributed by atoms with E-state index in [4.69, 9.17) is 34.0 Å². The van der Waals surface area contributed by atoms with E-state index in [9.17, 15) is 10.4 Å². The third-order valence-corrected chi connectivity index (χ3v) is 3.59. The van der Waals surface area contributed by atoms with Gasteiger partial charge in [0.1, 0.15) is 0 Å². The Kier molecular flexibility index (Phi) is 15.0. The number of rotatable bonds is 6. The Morgan fingerprint density at radius 2 is 0.583 bits per heavy atom. The maximum absolute atomic E-state index is 9.43. The topological polar surface area (TPSA) is 179 Å². The summed E-state index contributed by atoms with van der Waals surface area (Å²) in [5.41, 5.74) is 0. The summed E-state index contributed by atoms with van der Waals surface area (Å²) in [7, 11) is 0. The molecular formula is C12H32N2O9Ti+2. The van der Waals surface area contributed by atoms with E-state index in [1.165, 1.54) is 41.5 Å². The van der Waals surface area contributed by atoms with Crippen molar-refractivity contribution in [3.63, 3.8) is 0 Å². The fourth-order valence-electron chi connectivity index (χ4n) is 1.87. The van der Waals surface area contributed by atoms with Crippen molar-refractivity contribution < 1.29 is 74.1 Å². The molecule has 8 N–H and O–H groups in total. The fourth-order valence-corrected chi connectivity index (χ4v) is 1.87. The Hall–Kier alpha value is 0.114. The molecule has 0 aromatic heterocycles. The molecule has 24 heavy (non-hydrogen) atoms. The van der Waals surface area contributed by atoms with Gasteiger partial charge in [0.05, 0.1) is 0 Å². The monoisotopic (exact) mass is 396 g/mol. The van der Waals surface area contributed by atoms with Gasteiger partial charge < -0.3 is 30.6 Å². The second-order valence-corrected chi connectivity index (χ2v) is 5.38. The molecule has 0 bridgehead atoms. The predicted molar refractivity (Wildman–Crippen MR) is 74.9 cm³/mol. The van der Waals surface area contributed by atoms with Crippen molar-refractivity contribution in [1.82, 2.24) is 0 Å². The molecule has 0 aromatic rings. The molecular weight excluding hydrogens is 364 g/mol. The second kappa shape index (κ2) is 12.5. The van der Waals surface area contributed by atoms with Crippen molar-refractivity contribution >= 4 is 0 Å². The number of aliphatic hydroxyl groups excluding tert-OH is 6. The van der Waals surface area contributed by atoms with Gasteiger partial charge in [0.15, 0.2) is 0 Å². The first-order valence-electron chi connectivity index (χ1n) is 7.17. The van der Waals surface area contributed by atoms with E-state index in [1.807, 2.05) is 0 Å². The van der Waals surface area contributed by atoms with Crippen molar-refractivity contribution in [2.45, 2.75) is 78.9 Å². The molecule has 12 heteroatoms. The number of hydrogen-bond donors (Lipinski definition) is 8. The first-order chi connectivity index (χ1) is 10.7. The van der Waals surface area contributed by atoms with Gasteiger partial charge in [-0.05, 0) is 0 Å². The summed E-state index contributed by atoms with van der Waals surface area (Å²) < 4.78 is 5.92. The number of aliphatic hydroxyl groups is 6. The zero-order chi connectivity index (χ0) is 20.5. The van der Waals surface area contributed by atoms with E-state index in [-0.39, 0.29) is 0 Å². The molecule has 0 radical (unpaired) electrons. The number of hydrogen-bond acceptors (Lipinski definition) is 9. The van der Waals surface area contributed by atoms with Gasteiger partial charge in [-0.25, -0.2) is 10.4 Å². The van der Waals surface area contributed by atoms with Crippen LogP contribution in [-0.4, -0.2) is 87.7 Å². The molecule has 6 atom stereocenters. The summed E-state index contributed by atoms with van der Waals surface area (Å²) >= 11 is 0.750. The van der Waals surface area contributed by atoms with E-state index in [0.29, 0.717) is 0 Å². The summed E-state index contributed by atoms with van der Waals surface area (Å²) in [4.78, 5) is 0. The van der Waals surface area contributed by atoms with Crippen molar-refractivity contribution in [2.75, 3.05) is 0 Å². The SMILES string of the molecule is CC(O)[N+](O)(C(C)O)C(C)O.CC(O)[N+](O)(C(C)O)C(C)O.[O]=[Ti]. The first-order valence-corrected chi connectivity index (χ1v) is 7.80. The van der Waals surface area contributed by atoms with Crippen LogP contribution in [0.2, 0.25) is 0 Å². The maximum atomic E-state index is 9.43. The van der Waals surface area contributed by atoms with Crippen molar-refractivity contribution in [3.8, 4) is 0 Å². The molecule has 0 aliphatic rings. The van der Waals surface area contributed by atoms with Crippen LogP contribution in [0, 0.1) is 0 Å². The quantitative estimate of drug-likeness (QED) is 0.112. The third-order valence-electron chi connectivity index (χ3n) is 3.59. The molecule has 0 aromatic carbocycles. The van der Waals surface area contributed by atoms with Gasteiger partial charge >= 0.3 is 23.7 Å². The molecule has 146 valence electrons. The standard InChI is InChI=1S/2C6H16NO4.O.Ti/c2*1-4(8)7(11,5(2)9)6(3)10;;/h2*4-6,8-11H,1-3H3;;/q2*+1;;. The fraction of sp³-hybridized carbons (Fsp3) is 1.00. The third kappa shape index (κ3) is 7.56. The predicted octanol–water partition coefficient (Wildman–Crippen LogP) is -1.71. The molecule has 6 unspecified atom stereocenters. The molecule has 0 fully saturated rings. The van der Waals surface area contributed by atoms with Crippen LogP contribution in [0.1, 0.15) is 41.5 Å². The van der Waals surface area contributed by atoms with Gasteiger partial charge in [-0.2, -0.15) is 0 Å². The first kappa shape index (κ1) is 28.9. The van der Waals surface area contributed by atoms with E-state index in [0.717, 1.165) is 20.4 Å². The van der Waals surface area contributed by atoms with Crippen molar-refractivity contribution in [3.05, 3.63) is 0 Å². The molecule has 0 saturated carbocycles. The average molecular weight is 396 g/mol. The van der Waals surface area contributed by atoms with Crippen LogP contribution in [0.25, 0.3) is 0 Å². The molecule has 0 spiro atoms. The molecule has 0 rings (SSSR count). The summed E-state index contributed by atoms with van der Waals surface area (Å²) in [6.45, 7) is 7.75. The van der Waals surface area contributed by atoms with E-state index >= 15 is 0 Å². The summed E-state index contributed by atoms with van der Waals surface area (Å²) in [5, 5.41) is 72.9. The minimum absolute atomic E-state index is 0.750. The zero-order valence-electron chi connectivity index (χ0n) is 14.8. The van der Waals surface area contributed by atoms with Gasteiger partial charge in [-0.1, -0.05) is 0 Å². The average Bonchev–Trinajstić information content (AvgIpc) is 2.46. The van der Waals surface area contributed by atoms with E-state index in [1.54, 1.807) is 0 Å². The van der Waals surface area contributed by atoms with Crippen LogP contribution in [0.15, 0.2) is 0 Å². The van der Waals surface area contributed by atoms with Gasteiger partial charge in [0, 0.05) is 41.5 Å². The normalized spacial score (nSPS) is 23.4. The summed E-state index contributed by atoms with van der Waals surface area (Å²) in [6, 6.07) is 0. The van der Waals surface area contributed by atoms with E-state index in [2.05, 4.69) is 0 Å². The molecule has 0 heterocycles. The summed E-state index contributed by atoms with van der Waals surface area (Å²) in [6.07, 6.45) is -7.36. The molecule has 0 aliphatic heterocycles. The minimum atomic E-state index is -1.23. The van der Waals surface area contributed by atoms with Crippen LogP contribution in [0.5, 0.6) is 0 Å². The van der Waals surface area contributed by atoms with E-state index < -0.39 is 46.7 Å². The number of nitrogens with zero attached hydrogens (tertiary/aromatic N) is 2. The zero-order valence-corrected chi connectivity index (χ0v) is 16.4. The van der Waals surface area contributed by atoms with Crippen LogP contribution in [0.4, 0.5) is 0 Å². The molecule has 0 saturated heterocycles. The van der Waals surface area contributed by atoms with Gasteiger partial charge in [-0.3, -0.25) is 0 Å². The number of quaternary nitrogens is 2. The Labute approximate surface area is 153 Å². The van der Waals surface area contributed by atoms with Gasteiger partial charge in [-0.15, -0.1) is 9.29 Å². The van der Waals surface area contributed by atoms with Crippen LogP contribution >= 0.6 is 0 Å². The Morgan fingerprint density at radius 1 is 0.500 bits per heavy atom. The molecule has 0 amide bonds. The van der Waals surface area contributed by atoms with Crippen LogP contribution in [0.3, 0.4) is 0 Å². The Bertz CT molecular complexity index is 254. The molecule has 0 aliphatic carbocycles.